The number of hydrogen-bond acceptors (Lipinski definition) is 6. The lowest BCUT2D eigenvalue weighted by Gasteiger charge is -2.25. The van der Waals surface area contributed by atoms with Crippen molar-refractivity contribution in [2.24, 2.45) is 0 Å². The molecule has 1 aromatic rings. The van der Waals surface area contributed by atoms with Crippen LogP contribution >= 0.6 is 0 Å². The van der Waals surface area contributed by atoms with Crippen LogP contribution in [0, 0.1) is 5.82 Å². The van der Waals surface area contributed by atoms with E-state index in [1.165, 1.54) is 19.1 Å². The second-order valence-electron chi connectivity index (χ2n) is 6.51. The normalized spacial score (nSPS) is 21.4. The van der Waals surface area contributed by atoms with Crippen molar-refractivity contribution in [3.8, 4) is 0 Å². The number of hydrogen-bond donors (Lipinski definition) is 1. The first-order valence-electron chi connectivity index (χ1n) is 8.79. The van der Waals surface area contributed by atoms with Gasteiger partial charge in [0, 0.05) is 19.6 Å². The molecule has 2 fully saturated rings. The summed E-state index contributed by atoms with van der Waals surface area (Å²) < 4.78 is 45.6. The van der Waals surface area contributed by atoms with E-state index in [-0.39, 0.29) is 19.5 Å². The zero-order valence-corrected chi connectivity index (χ0v) is 15.9. The lowest BCUT2D eigenvalue weighted by atomic mass is 10.2. The van der Waals surface area contributed by atoms with Gasteiger partial charge >= 0.3 is 12.0 Å². The van der Waals surface area contributed by atoms with Gasteiger partial charge in [-0.05, 0) is 31.9 Å². The van der Waals surface area contributed by atoms with Gasteiger partial charge in [0.15, 0.2) is 6.10 Å². The summed E-state index contributed by atoms with van der Waals surface area (Å²) in [6, 6.07) is 3.18. The average molecular weight is 413 g/mol. The standard InChI is InChI=1S/C17H20FN3O6S/c1-11(15(22)20-10-8-19-17(20)24)27-16(23)13-6-4-9-21(13)28(25,26)14-7-3-2-5-12(14)18/h2-3,5,7,11,13H,4,6,8-10H2,1H3,(H,19,24)/t11-,13+/m1/s1. The van der Waals surface area contributed by atoms with E-state index in [1.54, 1.807) is 0 Å². The molecule has 0 radical (unpaired) electrons. The van der Waals surface area contributed by atoms with Crippen LogP contribution in [0.25, 0.3) is 0 Å². The second-order valence-corrected chi connectivity index (χ2v) is 8.36. The highest BCUT2D eigenvalue weighted by Crippen LogP contribution is 2.28. The Bertz CT molecular complexity index is 906. The van der Waals surface area contributed by atoms with Gasteiger partial charge in [-0.1, -0.05) is 12.1 Å². The summed E-state index contributed by atoms with van der Waals surface area (Å²) in [7, 11) is -4.25. The molecule has 0 unspecified atom stereocenters. The molecule has 0 bridgehead atoms. The molecule has 0 spiro atoms. The largest absolute Gasteiger partial charge is 0.451 e. The monoisotopic (exact) mass is 413 g/mol. The Balaban J connectivity index is 1.73. The molecule has 1 N–H and O–H groups in total. The molecule has 9 nitrogen and oxygen atoms in total. The van der Waals surface area contributed by atoms with Gasteiger partial charge in [-0.3, -0.25) is 14.5 Å². The second kappa shape index (κ2) is 7.84. The van der Waals surface area contributed by atoms with Gasteiger partial charge in [-0.2, -0.15) is 4.31 Å². The SMILES string of the molecule is C[C@@H](OC(=O)[C@@H]1CCCN1S(=O)(=O)c1ccccc1F)C(=O)N1CCNC1=O. The Labute approximate surface area is 161 Å². The molecule has 28 heavy (non-hydrogen) atoms. The molecular formula is C17H20FN3O6S. The number of rotatable bonds is 5. The zero-order valence-electron chi connectivity index (χ0n) is 15.1. The maximum atomic E-state index is 14.0. The molecule has 3 amide bonds. The van der Waals surface area contributed by atoms with E-state index in [9.17, 15) is 27.2 Å². The summed E-state index contributed by atoms with van der Waals surface area (Å²) in [6.07, 6.45) is -0.669. The highest BCUT2D eigenvalue weighted by molar-refractivity contribution is 7.89. The van der Waals surface area contributed by atoms with Crippen molar-refractivity contribution in [2.45, 2.75) is 36.8 Å². The van der Waals surface area contributed by atoms with E-state index in [2.05, 4.69) is 5.32 Å². The lowest BCUT2D eigenvalue weighted by Crippen LogP contribution is -2.46. The van der Waals surface area contributed by atoms with Gasteiger partial charge in [-0.15, -0.1) is 0 Å². The average Bonchev–Trinajstić information content (AvgIpc) is 3.30. The lowest BCUT2D eigenvalue weighted by molar-refractivity contribution is -0.160. The van der Waals surface area contributed by atoms with E-state index in [0.29, 0.717) is 13.0 Å². The number of esters is 1. The van der Waals surface area contributed by atoms with Crippen LogP contribution in [0.4, 0.5) is 9.18 Å². The molecule has 0 aromatic heterocycles. The van der Waals surface area contributed by atoms with Crippen LogP contribution in [0.5, 0.6) is 0 Å². The molecule has 2 aliphatic rings. The number of amides is 3. The maximum absolute atomic E-state index is 14.0. The summed E-state index contributed by atoms with van der Waals surface area (Å²) in [4.78, 5) is 36.8. The van der Waals surface area contributed by atoms with Gasteiger partial charge in [0.1, 0.15) is 16.8 Å². The fraction of sp³-hybridized carbons (Fsp3) is 0.471. The van der Waals surface area contributed by atoms with Gasteiger partial charge in [-0.25, -0.2) is 17.6 Å². The number of sulfonamides is 1. The van der Waals surface area contributed by atoms with Gasteiger partial charge < -0.3 is 10.1 Å². The van der Waals surface area contributed by atoms with Gasteiger partial charge in [0.25, 0.3) is 5.91 Å². The third-order valence-electron chi connectivity index (χ3n) is 4.66. The minimum Gasteiger partial charge on any atom is -0.451 e. The number of benzene rings is 1. The Morgan fingerprint density at radius 2 is 2.00 bits per heavy atom. The number of nitrogens with one attached hydrogen (secondary N) is 1. The predicted molar refractivity (Wildman–Crippen MR) is 94.0 cm³/mol. The predicted octanol–water partition coefficient (Wildman–Crippen LogP) is 0.462. The molecule has 2 atom stereocenters. The number of halogens is 1. The van der Waals surface area contributed by atoms with E-state index in [1.807, 2.05) is 0 Å². The molecule has 2 saturated heterocycles. The molecule has 11 heteroatoms. The van der Waals surface area contributed by atoms with Crippen LogP contribution in [0.2, 0.25) is 0 Å². The Hall–Kier alpha value is -2.53. The highest BCUT2D eigenvalue weighted by Gasteiger charge is 2.42. The fourth-order valence-corrected chi connectivity index (χ4v) is 4.96. The van der Waals surface area contributed by atoms with Crippen LogP contribution in [0.1, 0.15) is 19.8 Å². The summed E-state index contributed by atoms with van der Waals surface area (Å²) >= 11 is 0. The van der Waals surface area contributed by atoms with E-state index in [0.717, 1.165) is 21.3 Å². The van der Waals surface area contributed by atoms with Crippen LogP contribution in [-0.4, -0.2) is 67.3 Å². The van der Waals surface area contributed by atoms with Crippen LogP contribution < -0.4 is 5.32 Å². The zero-order chi connectivity index (χ0) is 20.5. The first-order valence-corrected chi connectivity index (χ1v) is 10.2. The van der Waals surface area contributed by atoms with Crippen molar-refractivity contribution in [3.05, 3.63) is 30.1 Å². The third-order valence-corrected chi connectivity index (χ3v) is 6.60. The van der Waals surface area contributed by atoms with Crippen molar-refractivity contribution in [3.63, 3.8) is 0 Å². The van der Waals surface area contributed by atoms with Crippen LogP contribution in [-0.2, 0) is 24.3 Å². The summed E-state index contributed by atoms with van der Waals surface area (Å²) in [5.74, 6) is -2.51. The fourth-order valence-electron chi connectivity index (χ4n) is 3.25. The van der Waals surface area contributed by atoms with E-state index < -0.39 is 50.8 Å². The molecule has 2 aliphatic heterocycles. The van der Waals surface area contributed by atoms with Crippen molar-refractivity contribution >= 4 is 27.9 Å². The molecule has 0 aliphatic carbocycles. The van der Waals surface area contributed by atoms with Crippen LogP contribution in [0.3, 0.4) is 0 Å². The highest BCUT2D eigenvalue weighted by atomic mass is 32.2. The van der Waals surface area contributed by atoms with Gasteiger partial charge in [0.2, 0.25) is 10.0 Å². The van der Waals surface area contributed by atoms with E-state index in [4.69, 9.17) is 4.74 Å². The first-order chi connectivity index (χ1) is 13.2. The number of urea groups is 1. The van der Waals surface area contributed by atoms with Crippen molar-refractivity contribution in [1.82, 2.24) is 14.5 Å². The maximum Gasteiger partial charge on any atom is 0.325 e. The van der Waals surface area contributed by atoms with Crippen molar-refractivity contribution in [2.75, 3.05) is 19.6 Å². The van der Waals surface area contributed by atoms with Crippen molar-refractivity contribution in [1.29, 1.82) is 0 Å². The number of carbonyl (C=O) groups excluding carboxylic acids is 3. The van der Waals surface area contributed by atoms with Crippen molar-refractivity contribution < 1.29 is 31.9 Å². The van der Waals surface area contributed by atoms with E-state index >= 15 is 0 Å². The number of imide groups is 1. The molecule has 3 rings (SSSR count). The Morgan fingerprint density at radius 1 is 1.29 bits per heavy atom. The topological polar surface area (TPSA) is 113 Å². The van der Waals surface area contributed by atoms with Gasteiger partial charge in [0.05, 0.1) is 0 Å². The summed E-state index contributed by atoms with van der Waals surface area (Å²) in [6.45, 7) is 1.82. The summed E-state index contributed by atoms with van der Waals surface area (Å²) in [5, 5.41) is 2.47. The molecule has 152 valence electrons. The smallest absolute Gasteiger partial charge is 0.325 e. The van der Waals surface area contributed by atoms with Crippen LogP contribution in [0.15, 0.2) is 29.2 Å². The number of nitrogens with zero attached hydrogens (tertiary/aromatic N) is 2. The number of carbonyl (C=O) groups is 3. The molecular weight excluding hydrogens is 393 g/mol. The molecule has 1 aromatic carbocycles. The Kier molecular flexibility index (Phi) is 5.66. The number of ether oxygens (including phenoxy) is 1. The molecule has 0 saturated carbocycles. The quantitative estimate of drug-likeness (QED) is 0.702. The third kappa shape index (κ3) is 3.72. The minimum absolute atomic E-state index is 0.0350. The Morgan fingerprint density at radius 3 is 2.64 bits per heavy atom. The first kappa shape index (κ1) is 20.2. The summed E-state index contributed by atoms with van der Waals surface area (Å²) in [5.41, 5.74) is 0. The molecule has 2 heterocycles. The minimum atomic E-state index is -4.25.